The van der Waals surface area contributed by atoms with Gasteiger partial charge < -0.3 is 20.3 Å². The number of carboxylic acid groups (broad SMARTS) is 1. The molecule has 1 heterocycles. The van der Waals surface area contributed by atoms with Gasteiger partial charge in [0.1, 0.15) is 11.4 Å². The zero-order valence-electron chi connectivity index (χ0n) is 19.6. The SMILES string of the molecule is O=C(O)c1cccc(-c2cccc(N=Cc3c(O)[nH]c4cccc(C5=Cc6ccccc6C5)c34)c2O)c1. The number of allylic oxidation sites excluding steroid dienone is 1. The lowest BCUT2D eigenvalue weighted by atomic mass is 9.98. The average Bonchev–Trinajstić information content (AvgIpc) is 3.48. The maximum Gasteiger partial charge on any atom is 0.335 e. The standard InChI is InChI=1S/C31H22N2O4/c34-29-24(20-8-3-9-21(16-20)31(36)37)11-5-13-27(29)32-17-25-28-23(10-4-12-26(28)33-30(25)35)22-14-18-6-1-2-7-19(18)15-22/h1-14,16-17,33-35H,15H2,(H,36,37). The number of phenolic OH excluding ortho intramolecular Hbond substituents is 1. The fourth-order valence-electron chi connectivity index (χ4n) is 4.93. The number of nitrogens with zero attached hydrogens (tertiary/aromatic N) is 1. The highest BCUT2D eigenvalue weighted by Gasteiger charge is 2.20. The van der Waals surface area contributed by atoms with Crippen LogP contribution in [-0.4, -0.2) is 32.5 Å². The molecule has 1 aromatic heterocycles. The summed E-state index contributed by atoms with van der Waals surface area (Å²) >= 11 is 0. The number of nitrogens with one attached hydrogen (secondary N) is 1. The molecule has 0 saturated carbocycles. The number of aliphatic imine (C=N–C) groups is 1. The molecule has 1 aliphatic carbocycles. The molecule has 6 nitrogen and oxygen atoms in total. The second-order valence-electron chi connectivity index (χ2n) is 8.98. The summed E-state index contributed by atoms with van der Waals surface area (Å²) < 4.78 is 0. The Kier molecular flexibility index (Phi) is 5.34. The summed E-state index contributed by atoms with van der Waals surface area (Å²) in [5, 5.41) is 31.9. The fraction of sp³-hybridized carbons (Fsp3) is 0.0323. The molecule has 0 saturated heterocycles. The van der Waals surface area contributed by atoms with E-state index in [1.165, 1.54) is 23.3 Å². The van der Waals surface area contributed by atoms with E-state index in [2.05, 4.69) is 28.2 Å². The Morgan fingerprint density at radius 2 is 1.68 bits per heavy atom. The van der Waals surface area contributed by atoms with Crippen LogP contribution in [-0.2, 0) is 6.42 Å². The summed E-state index contributed by atoms with van der Waals surface area (Å²) in [6.07, 6.45) is 4.53. The minimum atomic E-state index is -1.04. The molecule has 0 amide bonds. The Bertz CT molecular complexity index is 1760. The van der Waals surface area contributed by atoms with Gasteiger partial charge in [0.05, 0.1) is 11.1 Å². The first-order valence-corrected chi connectivity index (χ1v) is 11.8. The predicted octanol–water partition coefficient (Wildman–Crippen LogP) is 6.79. The number of aromatic nitrogens is 1. The maximum absolute atomic E-state index is 11.4. The lowest BCUT2D eigenvalue weighted by molar-refractivity contribution is 0.0697. The number of hydrogen-bond donors (Lipinski definition) is 4. The van der Waals surface area contributed by atoms with E-state index in [1.54, 1.807) is 36.5 Å². The minimum absolute atomic E-state index is 0.00730. The number of carboxylic acids is 1. The summed E-state index contributed by atoms with van der Waals surface area (Å²) in [6.45, 7) is 0. The van der Waals surface area contributed by atoms with Gasteiger partial charge in [0.25, 0.3) is 0 Å². The zero-order valence-corrected chi connectivity index (χ0v) is 19.6. The van der Waals surface area contributed by atoms with Gasteiger partial charge in [-0.25, -0.2) is 4.79 Å². The molecule has 4 aromatic carbocycles. The van der Waals surface area contributed by atoms with Crippen molar-refractivity contribution in [2.45, 2.75) is 6.42 Å². The molecule has 0 unspecified atom stereocenters. The van der Waals surface area contributed by atoms with E-state index in [4.69, 9.17) is 0 Å². The van der Waals surface area contributed by atoms with Crippen LogP contribution in [0.25, 0.3) is 33.7 Å². The van der Waals surface area contributed by atoms with Gasteiger partial charge in [-0.3, -0.25) is 4.99 Å². The third-order valence-electron chi connectivity index (χ3n) is 6.72. The number of hydrogen-bond acceptors (Lipinski definition) is 4. The maximum atomic E-state index is 11.4. The van der Waals surface area contributed by atoms with E-state index in [-0.39, 0.29) is 17.2 Å². The first-order chi connectivity index (χ1) is 18.0. The van der Waals surface area contributed by atoms with Crippen molar-refractivity contribution in [1.29, 1.82) is 0 Å². The minimum Gasteiger partial charge on any atom is -0.505 e. The van der Waals surface area contributed by atoms with E-state index in [0.29, 0.717) is 22.4 Å². The summed E-state index contributed by atoms with van der Waals surface area (Å²) in [6, 6.07) is 25.7. The zero-order chi connectivity index (χ0) is 25.5. The van der Waals surface area contributed by atoms with E-state index >= 15 is 0 Å². The second-order valence-corrected chi connectivity index (χ2v) is 8.98. The third kappa shape index (κ3) is 3.94. The predicted molar refractivity (Wildman–Crippen MR) is 146 cm³/mol. The van der Waals surface area contributed by atoms with Gasteiger partial charge in [-0.2, -0.15) is 0 Å². The number of aromatic amines is 1. The fourth-order valence-corrected chi connectivity index (χ4v) is 4.93. The molecule has 6 heteroatoms. The largest absolute Gasteiger partial charge is 0.505 e. The number of aromatic carboxylic acids is 1. The molecule has 0 aliphatic heterocycles. The average molecular weight is 487 g/mol. The first-order valence-electron chi connectivity index (χ1n) is 11.8. The van der Waals surface area contributed by atoms with Crippen LogP contribution in [0.3, 0.4) is 0 Å². The van der Waals surface area contributed by atoms with Crippen molar-refractivity contribution in [3.8, 4) is 22.8 Å². The van der Waals surface area contributed by atoms with Gasteiger partial charge in [0.15, 0.2) is 5.88 Å². The summed E-state index contributed by atoms with van der Waals surface area (Å²) in [5.41, 5.74) is 7.41. The summed E-state index contributed by atoms with van der Waals surface area (Å²) in [5.74, 6) is -1.12. The third-order valence-corrected chi connectivity index (χ3v) is 6.72. The lowest BCUT2D eigenvalue weighted by Crippen LogP contribution is -1.95. The van der Waals surface area contributed by atoms with Crippen LogP contribution in [0.2, 0.25) is 0 Å². The Morgan fingerprint density at radius 1 is 0.892 bits per heavy atom. The van der Waals surface area contributed by atoms with Crippen molar-refractivity contribution >= 4 is 40.4 Å². The molecular formula is C31H22N2O4. The van der Waals surface area contributed by atoms with Gasteiger partial charge in [0, 0.05) is 22.7 Å². The Morgan fingerprint density at radius 3 is 2.51 bits per heavy atom. The highest BCUT2D eigenvalue weighted by atomic mass is 16.4. The smallest absolute Gasteiger partial charge is 0.335 e. The Labute approximate surface area is 212 Å². The number of benzene rings is 4. The molecule has 0 bridgehead atoms. The Hall–Kier alpha value is -5.10. The molecule has 0 atom stereocenters. The van der Waals surface area contributed by atoms with Crippen LogP contribution >= 0.6 is 0 Å². The van der Waals surface area contributed by atoms with E-state index in [1.807, 2.05) is 30.3 Å². The van der Waals surface area contributed by atoms with Gasteiger partial charge in [-0.05, 0) is 58.5 Å². The van der Waals surface area contributed by atoms with Crippen molar-refractivity contribution in [1.82, 2.24) is 4.98 Å². The van der Waals surface area contributed by atoms with Crippen LogP contribution in [0.1, 0.15) is 32.6 Å². The van der Waals surface area contributed by atoms with E-state index < -0.39 is 5.97 Å². The van der Waals surface area contributed by atoms with Crippen molar-refractivity contribution in [3.63, 3.8) is 0 Å². The topological polar surface area (TPSA) is 106 Å². The summed E-state index contributed by atoms with van der Waals surface area (Å²) in [7, 11) is 0. The van der Waals surface area contributed by atoms with Crippen molar-refractivity contribution in [2.24, 2.45) is 4.99 Å². The molecule has 4 N–H and O–H groups in total. The molecular weight excluding hydrogens is 464 g/mol. The first kappa shape index (κ1) is 22.4. The van der Waals surface area contributed by atoms with Gasteiger partial charge in [-0.1, -0.05) is 66.7 Å². The number of rotatable bonds is 5. The normalized spacial score (nSPS) is 12.7. The van der Waals surface area contributed by atoms with E-state index in [9.17, 15) is 20.1 Å². The Balaban J connectivity index is 1.41. The molecule has 37 heavy (non-hydrogen) atoms. The number of para-hydroxylation sites is 1. The van der Waals surface area contributed by atoms with Gasteiger partial charge in [0.2, 0.25) is 0 Å². The molecule has 0 fully saturated rings. The quantitative estimate of drug-likeness (QED) is 0.205. The van der Waals surface area contributed by atoms with Crippen LogP contribution in [0.15, 0.2) is 89.9 Å². The van der Waals surface area contributed by atoms with Gasteiger partial charge >= 0.3 is 5.97 Å². The van der Waals surface area contributed by atoms with Crippen molar-refractivity contribution in [3.05, 3.63) is 113 Å². The molecule has 180 valence electrons. The molecule has 1 aliphatic rings. The molecule has 0 spiro atoms. The molecule has 0 radical (unpaired) electrons. The van der Waals surface area contributed by atoms with Crippen LogP contribution in [0, 0.1) is 0 Å². The highest BCUT2D eigenvalue weighted by molar-refractivity contribution is 6.09. The number of carbonyl (C=O) groups is 1. The lowest BCUT2D eigenvalue weighted by Gasteiger charge is -2.08. The van der Waals surface area contributed by atoms with Gasteiger partial charge in [-0.15, -0.1) is 0 Å². The number of H-pyrrole nitrogens is 1. The van der Waals surface area contributed by atoms with Crippen LogP contribution in [0.4, 0.5) is 5.69 Å². The van der Waals surface area contributed by atoms with Crippen LogP contribution in [0.5, 0.6) is 11.6 Å². The number of aromatic hydroxyl groups is 2. The second kappa shape index (κ2) is 8.84. The highest BCUT2D eigenvalue weighted by Crippen LogP contribution is 2.40. The van der Waals surface area contributed by atoms with Crippen LogP contribution < -0.4 is 0 Å². The monoisotopic (exact) mass is 486 g/mol. The number of phenols is 1. The molecule has 5 aromatic rings. The van der Waals surface area contributed by atoms with Crippen molar-refractivity contribution in [2.75, 3.05) is 0 Å². The molecule has 6 rings (SSSR count). The van der Waals surface area contributed by atoms with E-state index in [0.717, 1.165) is 28.5 Å². The summed E-state index contributed by atoms with van der Waals surface area (Å²) in [4.78, 5) is 18.9. The number of fused-ring (bicyclic) bond motifs is 2. The van der Waals surface area contributed by atoms with Crippen molar-refractivity contribution < 1.29 is 20.1 Å².